The zero-order valence-electron chi connectivity index (χ0n) is 20.1. The van der Waals surface area contributed by atoms with Gasteiger partial charge in [0.25, 0.3) is 0 Å². The third kappa shape index (κ3) is 4.24. The number of carbonyl (C=O) groups excluding carboxylic acids is 1. The highest BCUT2D eigenvalue weighted by Gasteiger charge is 2.30. The van der Waals surface area contributed by atoms with Crippen molar-refractivity contribution < 1.29 is 9.53 Å². The van der Waals surface area contributed by atoms with Gasteiger partial charge in [-0.1, -0.05) is 6.07 Å². The van der Waals surface area contributed by atoms with Crippen LogP contribution in [0.2, 0.25) is 0 Å². The molecule has 33 heavy (non-hydrogen) atoms. The van der Waals surface area contributed by atoms with Crippen molar-refractivity contribution in [3.63, 3.8) is 0 Å². The molecule has 3 aromatic rings. The molecule has 174 valence electrons. The van der Waals surface area contributed by atoms with Crippen LogP contribution in [-0.2, 0) is 9.53 Å². The molecule has 1 aromatic heterocycles. The Hall–Kier alpha value is -2.86. The second-order valence-electron chi connectivity index (χ2n) is 9.77. The Bertz CT molecular complexity index is 1180. The monoisotopic (exact) mass is 446 g/mol. The molecule has 0 aliphatic carbocycles. The number of aryl methyl sites for hydroxylation is 4. The lowest BCUT2D eigenvalue weighted by Crippen LogP contribution is -2.44. The number of hydrogen-bond donors (Lipinski definition) is 1. The summed E-state index contributed by atoms with van der Waals surface area (Å²) in [6.07, 6.45) is 2.60. The molecule has 2 aromatic carbocycles. The summed E-state index contributed by atoms with van der Waals surface area (Å²) in [6.45, 7) is 11.6. The lowest BCUT2D eigenvalue weighted by molar-refractivity contribution is -0.126. The minimum atomic E-state index is 0.0609. The number of nitrogens with one attached hydrogen (secondary N) is 1. The molecule has 0 saturated carbocycles. The van der Waals surface area contributed by atoms with Crippen molar-refractivity contribution in [1.82, 2.24) is 14.9 Å². The summed E-state index contributed by atoms with van der Waals surface area (Å²) in [5, 5.41) is 3.18. The van der Waals surface area contributed by atoms with Gasteiger partial charge >= 0.3 is 0 Å². The van der Waals surface area contributed by atoms with Crippen LogP contribution in [0, 0.1) is 33.6 Å². The molecular weight excluding hydrogens is 412 g/mol. The van der Waals surface area contributed by atoms with Gasteiger partial charge in [-0.15, -0.1) is 0 Å². The van der Waals surface area contributed by atoms with Crippen LogP contribution < -0.4 is 10.2 Å². The van der Waals surface area contributed by atoms with Crippen LogP contribution in [0.25, 0.3) is 16.7 Å². The lowest BCUT2D eigenvalue weighted by atomic mass is 9.95. The van der Waals surface area contributed by atoms with Crippen molar-refractivity contribution in [3.05, 3.63) is 52.6 Å². The van der Waals surface area contributed by atoms with E-state index in [9.17, 15) is 4.79 Å². The van der Waals surface area contributed by atoms with E-state index in [1.807, 2.05) is 0 Å². The van der Waals surface area contributed by atoms with Gasteiger partial charge < -0.3 is 15.0 Å². The highest BCUT2D eigenvalue weighted by Crippen LogP contribution is 2.32. The zero-order valence-corrected chi connectivity index (χ0v) is 20.1. The first-order chi connectivity index (χ1) is 15.9. The minimum Gasteiger partial charge on any atom is -0.379 e. The Labute approximate surface area is 195 Å². The number of benzene rings is 2. The van der Waals surface area contributed by atoms with E-state index < -0.39 is 0 Å². The SMILES string of the molecule is Cc1ccc(-n2c(N3CCC(C(=O)NC4CCOC4)CC3)nc3cc(C)c(C)cc32)cc1C. The average molecular weight is 447 g/mol. The summed E-state index contributed by atoms with van der Waals surface area (Å²) in [5.74, 6) is 1.21. The van der Waals surface area contributed by atoms with Crippen LogP contribution >= 0.6 is 0 Å². The number of amides is 1. The molecule has 6 nitrogen and oxygen atoms in total. The second kappa shape index (κ2) is 8.82. The molecule has 1 N–H and O–H groups in total. The lowest BCUT2D eigenvalue weighted by Gasteiger charge is -2.33. The molecule has 0 radical (unpaired) electrons. The van der Waals surface area contributed by atoms with Crippen LogP contribution in [0.1, 0.15) is 41.5 Å². The first kappa shape index (κ1) is 22.0. The molecule has 1 atom stereocenters. The van der Waals surface area contributed by atoms with Gasteiger partial charge in [0.15, 0.2) is 0 Å². The Kier molecular flexibility index (Phi) is 5.87. The fourth-order valence-corrected chi connectivity index (χ4v) is 4.96. The van der Waals surface area contributed by atoms with E-state index in [1.54, 1.807) is 0 Å². The number of carbonyl (C=O) groups is 1. The first-order valence-electron chi connectivity index (χ1n) is 12.1. The number of hydrogen-bond acceptors (Lipinski definition) is 4. The van der Waals surface area contributed by atoms with Gasteiger partial charge in [-0.05, 0) is 93.5 Å². The molecule has 5 rings (SSSR count). The Morgan fingerprint density at radius 3 is 2.39 bits per heavy atom. The van der Waals surface area contributed by atoms with Gasteiger partial charge in [0.2, 0.25) is 11.9 Å². The van der Waals surface area contributed by atoms with Crippen molar-refractivity contribution in [2.24, 2.45) is 5.92 Å². The maximum atomic E-state index is 12.8. The van der Waals surface area contributed by atoms with Crippen molar-refractivity contribution in [2.45, 2.75) is 53.0 Å². The van der Waals surface area contributed by atoms with Gasteiger partial charge in [0.1, 0.15) is 0 Å². The van der Waals surface area contributed by atoms with E-state index in [0.717, 1.165) is 61.6 Å². The summed E-state index contributed by atoms with van der Waals surface area (Å²) < 4.78 is 7.70. The average Bonchev–Trinajstić information content (AvgIpc) is 3.44. The number of nitrogens with zero attached hydrogens (tertiary/aromatic N) is 3. The van der Waals surface area contributed by atoms with E-state index in [4.69, 9.17) is 9.72 Å². The molecule has 6 heteroatoms. The largest absolute Gasteiger partial charge is 0.379 e. The fraction of sp³-hybridized carbons (Fsp3) is 0.481. The number of imidazole rings is 1. The topological polar surface area (TPSA) is 59.4 Å². The summed E-state index contributed by atoms with van der Waals surface area (Å²) in [6, 6.07) is 11.2. The third-order valence-corrected chi connectivity index (χ3v) is 7.43. The van der Waals surface area contributed by atoms with Crippen LogP contribution in [-0.4, -0.2) is 47.8 Å². The second-order valence-corrected chi connectivity index (χ2v) is 9.77. The van der Waals surface area contributed by atoms with Gasteiger partial charge in [-0.2, -0.15) is 0 Å². The predicted octanol–water partition coefficient (Wildman–Crippen LogP) is 4.38. The Morgan fingerprint density at radius 1 is 0.970 bits per heavy atom. The van der Waals surface area contributed by atoms with Crippen LogP contribution in [0.3, 0.4) is 0 Å². The van der Waals surface area contributed by atoms with Crippen molar-refractivity contribution >= 4 is 22.9 Å². The molecule has 2 aliphatic rings. The highest BCUT2D eigenvalue weighted by atomic mass is 16.5. The minimum absolute atomic E-state index is 0.0609. The van der Waals surface area contributed by atoms with E-state index in [-0.39, 0.29) is 17.9 Å². The number of piperidine rings is 1. The Morgan fingerprint density at radius 2 is 1.70 bits per heavy atom. The van der Waals surface area contributed by atoms with Crippen molar-refractivity contribution in [1.29, 1.82) is 0 Å². The summed E-state index contributed by atoms with van der Waals surface area (Å²) in [4.78, 5) is 20.2. The van der Waals surface area contributed by atoms with Crippen LogP contribution in [0.4, 0.5) is 5.95 Å². The maximum absolute atomic E-state index is 12.8. The summed E-state index contributed by atoms with van der Waals surface area (Å²) in [5.41, 5.74) is 8.38. The standard InChI is InChI=1S/C27H34N4O2/c1-17-5-6-23(13-18(17)2)31-25-15-20(4)19(3)14-24(25)29-27(31)30-10-7-21(8-11-30)26(32)28-22-9-12-33-16-22/h5-6,13-15,21-22H,7-12,16H2,1-4H3,(H,28,32). The molecule has 2 saturated heterocycles. The number of aromatic nitrogens is 2. The number of fused-ring (bicyclic) bond motifs is 1. The molecule has 2 fully saturated rings. The molecule has 2 aliphatic heterocycles. The first-order valence-corrected chi connectivity index (χ1v) is 12.1. The van der Waals surface area contributed by atoms with Gasteiger partial charge in [0, 0.05) is 31.3 Å². The zero-order chi connectivity index (χ0) is 23.1. The number of ether oxygens (including phenoxy) is 1. The molecule has 1 amide bonds. The summed E-state index contributed by atoms with van der Waals surface area (Å²) >= 11 is 0. The van der Waals surface area contributed by atoms with E-state index >= 15 is 0 Å². The molecule has 1 unspecified atom stereocenters. The van der Waals surface area contributed by atoms with E-state index in [1.165, 1.54) is 22.3 Å². The van der Waals surface area contributed by atoms with Gasteiger partial charge in [-0.3, -0.25) is 9.36 Å². The highest BCUT2D eigenvalue weighted by molar-refractivity contribution is 5.83. The third-order valence-electron chi connectivity index (χ3n) is 7.43. The maximum Gasteiger partial charge on any atom is 0.223 e. The van der Waals surface area contributed by atoms with E-state index in [0.29, 0.717) is 6.61 Å². The van der Waals surface area contributed by atoms with Gasteiger partial charge in [-0.25, -0.2) is 4.98 Å². The fourth-order valence-electron chi connectivity index (χ4n) is 4.96. The smallest absolute Gasteiger partial charge is 0.223 e. The normalized spacial score (nSPS) is 19.4. The number of anilines is 1. The molecule has 3 heterocycles. The molecular formula is C27H34N4O2. The molecule has 0 spiro atoms. The van der Waals surface area contributed by atoms with E-state index in [2.05, 4.69) is 72.8 Å². The van der Waals surface area contributed by atoms with Crippen molar-refractivity contribution in [3.8, 4) is 5.69 Å². The number of rotatable bonds is 4. The summed E-state index contributed by atoms with van der Waals surface area (Å²) in [7, 11) is 0. The Balaban J connectivity index is 1.44. The quantitative estimate of drug-likeness (QED) is 0.646. The van der Waals surface area contributed by atoms with Crippen molar-refractivity contribution in [2.75, 3.05) is 31.2 Å². The van der Waals surface area contributed by atoms with Crippen LogP contribution in [0.5, 0.6) is 0 Å². The van der Waals surface area contributed by atoms with Gasteiger partial charge in [0.05, 0.1) is 23.7 Å². The van der Waals surface area contributed by atoms with Crippen LogP contribution in [0.15, 0.2) is 30.3 Å². The predicted molar refractivity (Wildman–Crippen MR) is 132 cm³/mol. The molecule has 0 bridgehead atoms.